The lowest BCUT2D eigenvalue weighted by Gasteiger charge is -2.15. The highest BCUT2D eigenvalue weighted by Crippen LogP contribution is 2.36. The number of rotatable bonds is 6. The number of ether oxygens (including phenoxy) is 2. The number of benzene rings is 2. The van der Waals surface area contributed by atoms with Crippen molar-refractivity contribution >= 4 is 29.0 Å². The molecule has 0 fully saturated rings. The van der Waals surface area contributed by atoms with Crippen molar-refractivity contribution in [3.05, 3.63) is 73.5 Å². The minimum Gasteiger partial charge on any atom is -0.490 e. The predicted molar refractivity (Wildman–Crippen MR) is 118 cm³/mol. The zero-order valence-electron chi connectivity index (χ0n) is 16.3. The van der Waals surface area contributed by atoms with Gasteiger partial charge in [-0.05, 0) is 36.8 Å². The molecular weight excluding hydrogens is 439 g/mol. The van der Waals surface area contributed by atoms with Gasteiger partial charge < -0.3 is 20.2 Å². The maximum Gasteiger partial charge on any atom is 0.268 e. The van der Waals surface area contributed by atoms with Crippen molar-refractivity contribution in [1.29, 1.82) is 10.5 Å². The molecule has 0 spiro atoms. The predicted octanol–water partition coefficient (Wildman–Crippen LogP) is 4.65. The van der Waals surface area contributed by atoms with Gasteiger partial charge in [0, 0.05) is 21.2 Å². The van der Waals surface area contributed by atoms with Crippen LogP contribution in [0, 0.1) is 22.7 Å². The van der Waals surface area contributed by atoms with Gasteiger partial charge in [-0.1, -0.05) is 35.3 Å². The summed E-state index contributed by atoms with van der Waals surface area (Å²) in [6, 6.07) is 13.7. The average molecular weight is 455 g/mol. The van der Waals surface area contributed by atoms with E-state index in [0.717, 1.165) is 5.56 Å². The molecule has 0 atom stereocenters. The molecule has 31 heavy (non-hydrogen) atoms. The molecule has 0 aliphatic carbocycles. The van der Waals surface area contributed by atoms with Crippen LogP contribution in [0.3, 0.4) is 0 Å². The van der Waals surface area contributed by atoms with Crippen molar-refractivity contribution in [2.24, 2.45) is 0 Å². The number of H-pyrrole nitrogens is 1. The Kier molecular flexibility index (Phi) is 6.71. The third-order valence-electron chi connectivity index (χ3n) is 4.40. The first-order chi connectivity index (χ1) is 14.9. The quantitative estimate of drug-likeness (QED) is 0.557. The van der Waals surface area contributed by atoms with Crippen LogP contribution in [-0.4, -0.2) is 11.6 Å². The Labute approximate surface area is 188 Å². The van der Waals surface area contributed by atoms with Crippen LogP contribution in [0.1, 0.15) is 23.6 Å². The van der Waals surface area contributed by atoms with Crippen molar-refractivity contribution in [2.75, 3.05) is 12.3 Å². The van der Waals surface area contributed by atoms with Crippen LogP contribution in [0.2, 0.25) is 10.0 Å². The van der Waals surface area contributed by atoms with Crippen LogP contribution in [0.25, 0.3) is 11.1 Å². The molecule has 1 aromatic heterocycles. The van der Waals surface area contributed by atoms with Crippen molar-refractivity contribution in [3.8, 4) is 34.8 Å². The van der Waals surface area contributed by atoms with Gasteiger partial charge in [-0.15, -0.1) is 0 Å². The molecule has 0 radical (unpaired) electrons. The van der Waals surface area contributed by atoms with Crippen LogP contribution in [0.4, 0.5) is 5.82 Å². The molecule has 0 unspecified atom stereocenters. The van der Waals surface area contributed by atoms with E-state index in [1.165, 1.54) is 0 Å². The van der Waals surface area contributed by atoms with Crippen molar-refractivity contribution in [1.82, 2.24) is 4.98 Å². The molecule has 0 saturated heterocycles. The number of hydrogen-bond donors (Lipinski definition) is 2. The fourth-order valence-corrected chi connectivity index (χ4v) is 3.44. The molecule has 0 saturated carbocycles. The Balaban J connectivity index is 2.05. The molecular formula is C22H16Cl2N4O3. The Morgan fingerprint density at radius 1 is 1.03 bits per heavy atom. The molecule has 3 rings (SSSR count). The SMILES string of the molecule is CCOc1cc(-c2c(C#N)c(N)[nH]c(=O)c2C#N)ccc1OCc1ccc(Cl)cc1Cl. The molecule has 7 nitrogen and oxygen atoms in total. The normalized spacial score (nSPS) is 10.2. The van der Waals surface area contributed by atoms with Gasteiger partial charge in [0.2, 0.25) is 0 Å². The van der Waals surface area contributed by atoms with Crippen molar-refractivity contribution < 1.29 is 9.47 Å². The first kappa shape index (κ1) is 22.0. The number of pyridine rings is 1. The van der Waals surface area contributed by atoms with Gasteiger partial charge >= 0.3 is 0 Å². The molecule has 156 valence electrons. The number of nitrogens with zero attached hydrogens (tertiary/aromatic N) is 2. The summed E-state index contributed by atoms with van der Waals surface area (Å²) in [5.41, 5.74) is 6.20. The van der Waals surface area contributed by atoms with E-state index in [2.05, 4.69) is 4.98 Å². The van der Waals surface area contributed by atoms with Gasteiger partial charge in [-0.25, -0.2) is 0 Å². The largest absolute Gasteiger partial charge is 0.490 e. The van der Waals surface area contributed by atoms with E-state index in [9.17, 15) is 15.3 Å². The van der Waals surface area contributed by atoms with Gasteiger partial charge in [0.15, 0.2) is 11.5 Å². The summed E-state index contributed by atoms with van der Waals surface area (Å²) < 4.78 is 11.6. The van der Waals surface area contributed by atoms with Crippen molar-refractivity contribution in [2.45, 2.75) is 13.5 Å². The molecule has 3 N–H and O–H groups in total. The maximum atomic E-state index is 12.2. The van der Waals surface area contributed by atoms with E-state index < -0.39 is 5.56 Å². The molecule has 0 aliphatic rings. The molecule has 1 heterocycles. The standard InChI is InChI=1S/C22H16Cl2N4O3/c1-2-30-19-7-12(20-15(9-25)21(27)28-22(29)16(20)10-26)4-6-18(19)31-11-13-3-5-14(23)8-17(13)24/h3-8H,2,11H2,1H3,(H3,27,28,29). The number of aromatic nitrogens is 1. The summed E-state index contributed by atoms with van der Waals surface area (Å²) in [7, 11) is 0. The zero-order chi connectivity index (χ0) is 22.5. The van der Waals surface area contributed by atoms with Crippen LogP contribution >= 0.6 is 23.2 Å². The maximum absolute atomic E-state index is 12.2. The number of hydrogen-bond acceptors (Lipinski definition) is 6. The second-order valence-electron chi connectivity index (χ2n) is 6.34. The van der Waals surface area contributed by atoms with E-state index in [1.54, 1.807) is 43.3 Å². The second kappa shape index (κ2) is 9.44. The fraction of sp³-hybridized carbons (Fsp3) is 0.136. The average Bonchev–Trinajstić information content (AvgIpc) is 2.73. The Bertz CT molecular complexity index is 1290. The number of nitrogens with one attached hydrogen (secondary N) is 1. The third kappa shape index (κ3) is 4.59. The molecule has 0 aliphatic heterocycles. The van der Waals surface area contributed by atoms with Gasteiger partial charge in [0.1, 0.15) is 35.7 Å². The Morgan fingerprint density at radius 3 is 2.42 bits per heavy atom. The minimum atomic E-state index is -0.676. The van der Waals surface area contributed by atoms with E-state index in [-0.39, 0.29) is 29.1 Å². The molecule has 0 amide bonds. The number of nitrogens with two attached hydrogens (primary N) is 1. The lowest BCUT2D eigenvalue weighted by atomic mass is 9.96. The molecule has 0 bridgehead atoms. The molecule has 2 aromatic carbocycles. The highest BCUT2D eigenvalue weighted by Gasteiger charge is 2.20. The molecule has 9 heteroatoms. The number of halogens is 2. The number of aromatic amines is 1. The first-order valence-electron chi connectivity index (χ1n) is 9.09. The fourth-order valence-electron chi connectivity index (χ4n) is 2.98. The highest BCUT2D eigenvalue weighted by atomic mass is 35.5. The topological polar surface area (TPSA) is 125 Å². The number of anilines is 1. The monoisotopic (exact) mass is 454 g/mol. The Hall–Kier alpha value is -3.65. The van der Waals surface area contributed by atoms with Crippen LogP contribution in [-0.2, 0) is 6.61 Å². The van der Waals surface area contributed by atoms with Crippen LogP contribution in [0.5, 0.6) is 11.5 Å². The van der Waals surface area contributed by atoms with E-state index in [4.69, 9.17) is 38.4 Å². The lowest BCUT2D eigenvalue weighted by Crippen LogP contribution is -2.16. The summed E-state index contributed by atoms with van der Waals surface area (Å²) in [5, 5.41) is 20.0. The third-order valence-corrected chi connectivity index (χ3v) is 4.99. The first-order valence-corrected chi connectivity index (χ1v) is 9.85. The number of nitrogen functional groups attached to an aromatic ring is 1. The number of nitriles is 2. The van der Waals surface area contributed by atoms with Gasteiger partial charge in [0.05, 0.1) is 6.61 Å². The summed E-state index contributed by atoms with van der Waals surface area (Å²) in [6.07, 6.45) is 0. The van der Waals surface area contributed by atoms with E-state index >= 15 is 0 Å². The molecule has 3 aromatic rings. The lowest BCUT2D eigenvalue weighted by molar-refractivity contribution is 0.269. The van der Waals surface area contributed by atoms with Crippen molar-refractivity contribution in [3.63, 3.8) is 0 Å². The highest BCUT2D eigenvalue weighted by molar-refractivity contribution is 6.35. The zero-order valence-corrected chi connectivity index (χ0v) is 17.8. The summed E-state index contributed by atoms with van der Waals surface area (Å²) in [6.45, 7) is 2.31. The summed E-state index contributed by atoms with van der Waals surface area (Å²) in [4.78, 5) is 14.5. The van der Waals surface area contributed by atoms with Gasteiger partial charge in [-0.3, -0.25) is 4.79 Å². The summed E-state index contributed by atoms with van der Waals surface area (Å²) >= 11 is 12.1. The Morgan fingerprint density at radius 2 is 1.77 bits per heavy atom. The summed E-state index contributed by atoms with van der Waals surface area (Å²) in [5.74, 6) is 0.681. The second-order valence-corrected chi connectivity index (χ2v) is 7.18. The van der Waals surface area contributed by atoms with Crippen LogP contribution < -0.4 is 20.8 Å². The smallest absolute Gasteiger partial charge is 0.268 e. The van der Waals surface area contributed by atoms with E-state index in [0.29, 0.717) is 33.7 Å². The van der Waals surface area contributed by atoms with Gasteiger partial charge in [0.25, 0.3) is 5.56 Å². The van der Waals surface area contributed by atoms with E-state index in [1.807, 2.05) is 12.1 Å². The van der Waals surface area contributed by atoms with Crippen LogP contribution in [0.15, 0.2) is 41.2 Å². The van der Waals surface area contributed by atoms with Gasteiger partial charge in [-0.2, -0.15) is 10.5 Å². The minimum absolute atomic E-state index is 0.000197.